The largest absolute Gasteiger partial charge is 0.493 e. The number of aliphatic imine (C=N–C) groups is 1. The molecule has 2 aromatic rings. The molecule has 0 radical (unpaired) electrons. The van der Waals surface area contributed by atoms with E-state index in [0.717, 1.165) is 5.56 Å². The van der Waals surface area contributed by atoms with Crippen molar-refractivity contribution in [2.75, 3.05) is 13.4 Å². The number of carbonyl (C=O) groups excluding carboxylic acids is 1. The normalized spacial score (nSPS) is 16.8. The van der Waals surface area contributed by atoms with E-state index in [1.165, 1.54) is 0 Å². The molecule has 0 aliphatic carbocycles. The molecule has 0 N–H and O–H groups in total. The first-order valence-corrected chi connectivity index (χ1v) is 7.89. The van der Waals surface area contributed by atoms with Gasteiger partial charge in [-0.3, -0.25) is 0 Å². The van der Waals surface area contributed by atoms with Crippen molar-refractivity contribution >= 4 is 17.9 Å². The van der Waals surface area contributed by atoms with Gasteiger partial charge < -0.3 is 18.9 Å². The van der Waals surface area contributed by atoms with Crippen LogP contribution in [-0.2, 0) is 9.53 Å². The highest BCUT2D eigenvalue weighted by atomic mass is 16.7. The molecule has 2 aliphatic heterocycles. The SMILES string of the molecule is CCOc1ccccc1/C=C1/N=C(c2ccc3c(c2)OCO3)OC1=O. The zero-order chi connectivity index (χ0) is 17.2. The fourth-order valence-corrected chi connectivity index (χ4v) is 2.60. The molecule has 0 saturated carbocycles. The lowest BCUT2D eigenvalue weighted by Gasteiger charge is -2.06. The summed E-state index contributed by atoms with van der Waals surface area (Å²) in [6.07, 6.45) is 1.66. The number of hydrogen-bond donors (Lipinski definition) is 0. The molecule has 0 atom stereocenters. The Hall–Kier alpha value is -3.28. The van der Waals surface area contributed by atoms with Crippen molar-refractivity contribution in [3.8, 4) is 17.2 Å². The Labute approximate surface area is 144 Å². The van der Waals surface area contributed by atoms with Crippen LogP contribution in [0.5, 0.6) is 17.2 Å². The third-order valence-electron chi connectivity index (χ3n) is 3.75. The summed E-state index contributed by atoms with van der Waals surface area (Å²) in [5, 5.41) is 0. The van der Waals surface area contributed by atoms with Gasteiger partial charge in [-0.1, -0.05) is 18.2 Å². The molecule has 4 rings (SSSR count). The molecule has 126 valence electrons. The first kappa shape index (κ1) is 15.3. The van der Waals surface area contributed by atoms with Crippen molar-refractivity contribution in [1.82, 2.24) is 0 Å². The Morgan fingerprint density at radius 1 is 1.16 bits per heavy atom. The van der Waals surface area contributed by atoms with Crippen LogP contribution in [0.4, 0.5) is 0 Å². The van der Waals surface area contributed by atoms with Crippen LogP contribution < -0.4 is 14.2 Å². The highest BCUT2D eigenvalue weighted by molar-refractivity contribution is 6.13. The molecule has 0 bridgehead atoms. The van der Waals surface area contributed by atoms with Crippen LogP contribution in [0.2, 0.25) is 0 Å². The molecule has 6 nitrogen and oxygen atoms in total. The Balaban J connectivity index is 1.67. The number of hydrogen-bond acceptors (Lipinski definition) is 6. The van der Waals surface area contributed by atoms with E-state index in [2.05, 4.69) is 4.99 Å². The molecule has 2 aliphatic rings. The van der Waals surface area contributed by atoms with E-state index < -0.39 is 5.97 Å². The second-order valence-corrected chi connectivity index (χ2v) is 5.37. The smallest absolute Gasteiger partial charge is 0.363 e. The van der Waals surface area contributed by atoms with E-state index >= 15 is 0 Å². The Morgan fingerprint density at radius 2 is 2.00 bits per heavy atom. The Kier molecular flexibility index (Phi) is 3.85. The van der Waals surface area contributed by atoms with Gasteiger partial charge in [-0.05, 0) is 37.3 Å². The number of rotatable bonds is 4. The van der Waals surface area contributed by atoms with Crippen molar-refractivity contribution in [3.63, 3.8) is 0 Å². The fraction of sp³-hybridized carbons (Fsp3) is 0.158. The van der Waals surface area contributed by atoms with E-state index in [9.17, 15) is 4.79 Å². The molecule has 0 aromatic heterocycles. The van der Waals surface area contributed by atoms with E-state index in [0.29, 0.717) is 29.4 Å². The van der Waals surface area contributed by atoms with Crippen LogP contribution in [0.3, 0.4) is 0 Å². The maximum atomic E-state index is 12.2. The molecule has 2 heterocycles. The minimum Gasteiger partial charge on any atom is -0.493 e. The topological polar surface area (TPSA) is 66.3 Å². The van der Waals surface area contributed by atoms with Gasteiger partial charge in [0.2, 0.25) is 12.7 Å². The number of benzene rings is 2. The summed E-state index contributed by atoms with van der Waals surface area (Å²) in [4.78, 5) is 16.5. The summed E-state index contributed by atoms with van der Waals surface area (Å²) in [6, 6.07) is 12.7. The number of fused-ring (bicyclic) bond motifs is 1. The van der Waals surface area contributed by atoms with E-state index in [1.54, 1.807) is 24.3 Å². The van der Waals surface area contributed by atoms with Gasteiger partial charge in [0.05, 0.1) is 6.61 Å². The lowest BCUT2D eigenvalue weighted by atomic mass is 10.1. The van der Waals surface area contributed by atoms with Crippen LogP contribution >= 0.6 is 0 Å². The molecule has 25 heavy (non-hydrogen) atoms. The molecule has 0 amide bonds. The van der Waals surface area contributed by atoms with Crippen molar-refractivity contribution in [2.45, 2.75) is 6.92 Å². The number of ether oxygens (including phenoxy) is 4. The van der Waals surface area contributed by atoms with E-state index in [4.69, 9.17) is 18.9 Å². The van der Waals surface area contributed by atoms with Crippen molar-refractivity contribution in [2.24, 2.45) is 4.99 Å². The average Bonchev–Trinajstić information content (AvgIpc) is 3.23. The molecule has 0 spiro atoms. The molecule has 6 heteroatoms. The molecular formula is C19H15NO5. The lowest BCUT2D eigenvalue weighted by Crippen LogP contribution is -2.05. The number of nitrogens with zero attached hydrogens (tertiary/aromatic N) is 1. The van der Waals surface area contributed by atoms with Gasteiger partial charge in [-0.25, -0.2) is 9.79 Å². The number of carbonyl (C=O) groups is 1. The van der Waals surface area contributed by atoms with Gasteiger partial charge in [0.25, 0.3) is 0 Å². The standard InChI is InChI=1S/C19H15NO5/c1-2-22-15-6-4-3-5-12(15)9-14-19(21)25-18(20-14)13-7-8-16-17(10-13)24-11-23-16/h3-10H,2,11H2,1H3/b14-9+. The van der Waals surface area contributed by atoms with Crippen molar-refractivity contribution in [3.05, 3.63) is 59.3 Å². The van der Waals surface area contributed by atoms with Crippen LogP contribution in [-0.4, -0.2) is 25.3 Å². The summed E-state index contributed by atoms with van der Waals surface area (Å²) < 4.78 is 21.5. The highest BCUT2D eigenvalue weighted by Gasteiger charge is 2.26. The molecule has 0 fully saturated rings. The summed E-state index contributed by atoms with van der Waals surface area (Å²) in [5.74, 6) is 1.70. The molecule has 2 aromatic carbocycles. The zero-order valence-corrected chi connectivity index (χ0v) is 13.5. The summed E-state index contributed by atoms with van der Waals surface area (Å²) in [6.45, 7) is 2.63. The average molecular weight is 337 g/mol. The number of para-hydroxylation sites is 1. The monoisotopic (exact) mass is 337 g/mol. The van der Waals surface area contributed by atoms with Gasteiger partial charge in [0.1, 0.15) is 5.75 Å². The zero-order valence-electron chi connectivity index (χ0n) is 13.5. The van der Waals surface area contributed by atoms with Gasteiger partial charge >= 0.3 is 5.97 Å². The molecule has 0 unspecified atom stereocenters. The summed E-state index contributed by atoms with van der Waals surface area (Å²) >= 11 is 0. The quantitative estimate of drug-likeness (QED) is 0.633. The first-order valence-electron chi connectivity index (χ1n) is 7.89. The Bertz CT molecular complexity index is 900. The van der Waals surface area contributed by atoms with Gasteiger partial charge in [-0.2, -0.15) is 0 Å². The van der Waals surface area contributed by atoms with Crippen LogP contribution in [0.25, 0.3) is 6.08 Å². The van der Waals surface area contributed by atoms with E-state index in [1.807, 2.05) is 31.2 Å². The number of esters is 1. The lowest BCUT2D eigenvalue weighted by molar-refractivity contribution is -0.129. The second-order valence-electron chi connectivity index (χ2n) is 5.37. The molecular weight excluding hydrogens is 322 g/mol. The fourth-order valence-electron chi connectivity index (χ4n) is 2.60. The van der Waals surface area contributed by atoms with Crippen molar-refractivity contribution in [1.29, 1.82) is 0 Å². The van der Waals surface area contributed by atoms with Gasteiger partial charge in [0, 0.05) is 11.1 Å². The third kappa shape index (κ3) is 2.94. The first-order chi connectivity index (χ1) is 12.2. The third-order valence-corrected chi connectivity index (χ3v) is 3.75. The highest BCUT2D eigenvalue weighted by Crippen LogP contribution is 2.33. The van der Waals surface area contributed by atoms with Gasteiger partial charge in [0.15, 0.2) is 17.2 Å². The maximum Gasteiger partial charge on any atom is 0.363 e. The van der Waals surface area contributed by atoms with Crippen LogP contribution in [0.15, 0.2) is 53.2 Å². The maximum absolute atomic E-state index is 12.2. The molecule has 0 saturated heterocycles. The van der Waals surface area contributed by atoms with Crippen molar-refractivity contribution < 1.29 is 23.7 Å². The summed E-state index contributed by atoms with van der Waals surface area (Å²) in [7, 11) is 0. The number of cyclic esters (lactones) is 1. The summed E-state index contributed by atoms with van der Waals surface area (Å²) in [5.41, 5.74) is 1.64. The minimum atomic E-state index is -0.501. The predicted octanol–water partition coefficient (Wildman–Crippen LogP) is 3.16. The predicted molar refractivity (Wildman–Crippen MR) is 90.8 cm³/mol. The Morgan fingerprint density at radius 3 is 2.88 bits per heavy atom. The van der Waals surface area contributed by atoms with Crippen LogP contribution in [0.1, 0.15) is 18.1 Å². The van der Waals surface area contributed by atoms with E-state index in [-0.39, 0.29) is 18.4 Å². The van der Waals surface area contributed by atoms with Gasteiger partial charge in [-0.15, -0.1) is 0 Å². The second kappa shape index (κ2) is 6.32. The van der Waals surface area contributed by atoms with Crippen LogP contribution in [0, 0.1) is 0 Å². The minimum absolute atomic E-state index is 0.185.